The molecule has 3 heterocycles. The van der Waals surface area contributed by atoms with Crippen molar-refractivity contribution in [2.24, 2.45) is 0 Å². The van der Waals surface area contributed by atoms with Gasteiger partial charge in [0.1, 0.15) is 11.6 Å². The van der Waals surface area contributed by atoms with E-state index in [0.717, 1.165) is 33.6 Å². The van der Waals surface area contributed by atoms with Crippen LogP contribution in [-0.4, -0.2) is 34.1 Å². The number of fused-ring (bicyclic) bond motifs is 1. The average molecular weight is 527 g/mol. The Morgan fingerprint density at radius 1 is 1.13 bits per heavy atom. The van der Waals surface area contributed by atoms with E-state index in [0.29, 0.717) is 37.2 Å². The molecule has 10 heteroatoms. The Hall–Kier alpha value is -3.82. The minimum absolute atomic E-state index is 0.0635. The Balaban J connectivity index is 0.000000366. The molecule has 1 saturated carbocycles. The van der Waals surface area contributed by atoms with Gasteiger partial charge in [-0.1, -0.05) is 11.2 Å². The van der Waals surface area contributed by atoms with E-state index in [1.54, 1.807) is 11.0 Å². The molecule has 2 aromatic heterocycles. The predicted molar refractivity (Wildman–Crippen MR) is 137 cm³/mol. The predicted octanol–water partition coefficient (Wildman–Crippen LogP) is 7.05. The van der Waals surface area contributed by atoms with Gasteiger partial charge in [-0.05, 0) is 62.9 Å². The van der Waals surface area contributed by atoms with Crippen LogP contribution in [0.3, 0.4) is 0 Å². The van der Waals surface area contributed by atoms with Crippen molar-refractivity contribution in [1.29, 1.82) is 0 Å². The minimum Gasteiger partial charge on any atom is -0.494 e. The summed E-state index contributed by atoms with van der Waals surface area (Å²) in [5, 5.41) is 4.03. The fraction of sp³-hybridized carbons (Fsp3) is 0.393. The van der Waals surface area contributed by atoms with E-state index in [-0.39, 0.29) is 30.5 Å². The van der Waals surface area contributed by atoms with E-state index in [1.807, 2.05) is 32.0 Å². The molecule has 2 aromatic carbocycles. The number of ether oxygens (including phenoxy) is 1. The number of hydrogen-bond acceptors (Lipinski definition) is 5. The smallest absolute Gasteiger partial charge is 0.248 e. The monoisotopic (exact) mass is 526 g/mol. The Kier molecular flexibility index (Phi) is 6.90. The summed E-state index contributed by atoms with van der Waals surface area (Å²) in [5.41, 5.74) is 4.91. The standard InChI is InChI=1S/C23H21FN4O3.C5H8F2/c1-12-22(13(2)31-27-12)14-4-6-17-18(10-14)26-23(25-17)19-7-9-21(29)28(19)15-5-8-20(30-3)16(24)11-15;6-5(7)3-1-2-4-5/h4-6,8,10-11,19H,7,9H2,1-3H3,(H,25,26);1-4H2/t19-;/m0./s1. The number of hydrogen-bond donors (Lipinski definition) is 1. The molecule has 2 fully saturated rings. The van der Waals surface area contributed by atoms with Crippen LogP contribution in [0.25, 0.3) is 22.2 Å². The largest absolute Gasteiger partial charge is 0.494 e. The SMILES string of the molecule is COc1ccc(N2C(=O)CC[C@H]2c2nc3ccc(-c4c(C)noc4C)cc3[nH]2)cc1F.FC1(F)CCCC1. The summed E-state index contributed by atoms with van der Waals surface area (Å²) in [5.74, 6) is -1.31. The van der Waals surface area contributed by atoms with Crippen molar-refractivity contribution in [2.75, 3.05) is 12.0 Å². The maximum atomic E-state index is 14.3. The highest BCUT2D eigenvalue weighted by Gasteiger charge is 2.36. The van der Waals surface area contributed by atoms with Gasteiger partial charge in [0.2, 0.25) is 11.8 Å². The third kappa shape index (κ3) is 4.99. The number of imidazole rings is 1. The van der Waals surface area contributed by atoms with Gasteiger partial charge in [-0.25, -0.2) is 18.2 Å². The lowest BCUT2D eigenvalue weighted by molar-refractivity contribution is -0.117. The first-order valence-corrected chi connectivity index (χ1v) is 12.6. The number of nitrogens with zero attached hydrogens (tertiary/aromatic N) is 3. The van der Waals surface area contributed by atoms with E-state index in [1.165, 1.54) is 19.2 Å². The summed E-state index contributed by atoms with van der Waals surface area (Å²) in [6.45, 7) is 3.79. The Morgan fingerprint density at radius 3 is 2.50 bits per heavy atom. The average Bonchev–Trinajstić information content (AvgIpc) is 3.65. The van der Waals surface area contributed by atoms with E-state index in [4.69, 9.17) is 14.2 Å². The van der Waals surface area contributed by atoms with Crippen LogP contribution in [0.1, 0.15) is 61.8 Å². The second kappa shape index (κ2) is 10.2. The molecule has 2 aliphatic rings. The number of nitrogens with one attached hydrogen (secondary N) is 1. The summed E-state index contributed by atoms with van der Waals surface area (Å²) in [6, 6.07) is 10.2. The van der Waals surface area contributed by atoms with Crippen LogP contribution >= 0.6 is 0 Å². The highest BCUT2D eigenvalue weighted by molar-refractivity contribution is 5.96. The molecule has 1 N–H and O–H groups in total. The topological polar surface area (TPSA) is 84.2 Å². The van der Waals surface area contributed by atoms with Crippen LogP contribution < -0.4 is 9.64 Å². The number of methoxy groups -OCH3 is 1. The van der Waals surface area contributed by atoms with Crippen LogP contribution in [0.15, 0.2) is 40.9 Å². The summed E-state index contributed by atoms with van der Waals surface area (Å²) < 4.78 is 48.4. The van der Waals surface area contributed by atoms with Crippen molar-refractivity contribution >= 4 is 22.6 Å². The van der Waals surface area contributed by atoms with Gasteiger partial charge in [0.15, 0.2) is 11.6 Å². The Bertz CT molecular complexity index is 1450. The summed E-state index contributed by atoms with van der Waals surface area (Å²) >= 11 is 0. The molecule has 0 unspecified atom stereocenters. The quantitative estimate of drug-likeness (QED) is 0.308. The Labute approximate surface area is 218 Å². The van der Waals surface area contributed by atoms with E-state index in [9.17, 15) is 18.0 Å². The lowest BCUT2D eigenvalue weighted by Crippen LogP contribution is -2.28. The van der Waals surface area contributed by atoms with Crippen LogP contribution in [0, 0.1) is 19.7 Å². The normalized spacial score (nSPS) is 18.6. The third-order valence-corrected chi connectivity index (χ3v) is 7.10. The molecule has 1 saturated heterocycles. The number of halogens is 3. The van der Waals surface area contributed by atoms with Gasteiger partial charge >= 0.3 is 0 Å². The van der Waals surface area contributed by atoms with E-state index >= 15 is 0 Å². The fourth-order valence-electron chi connectivity index (χ4n) is 5.20. The number of aromatic nitrogens is 3. The number of carbonyl (C=O) groups excluding carboxylic acids is 1. The van der Waals surface area contributed by atoms with Gasteiger partial charge in [-0.15, -0.1) is 0 Å². The second-order valence-corrected chi connectivity index (χ2v) is 9.75. The second-order valence-electron chi connectivity index (χ2n) is 9.75. The van der Waals surface area contributed by atoms with Crippen LogP contribution in [0.2, 0.25) is 0 Å². The lowest BCUT2D eigenvalue weighted by atomic mass is 10.0. The molecule has 4 aromatic rings. The van der Waals surface area contributed by atoms with Gasteiger partial charge in [0.25, 0.3) is 0 Å². The van der Waals surface area contributed by atoms with Gasteiger partial charge in [0.05, 0.1) is 29.9 Å². The summed E-state index contributed by atoms with van der Waals surface area (Å²) in [4.78, 5) is 22.3. The third-order valence-electron chi connectivity index (χ3n) is 7.10. The molecule has 1 atom stereocenters. The van der Waals surface area contributed by atoms with Gasteiger partial charge in [0, 0.05) is 36.6 Å². The highest BCUT2D eigenvalue weighted by Crippen LogP contribution is 2.38. The first kappa shape index (κ1) is 25.8. The van der Waals surface area contributed by atoms with Crippen molar-refractivity contribution in [1.82, 2.24) is 15.1 Å². The van der Waals surface area contributed by atoms with E-state index in [2.05, 4.69) is 10.1 Å². The summed E-state index contributed by atoms with van der Waals surface area (Å²) in [7, 11) is 1.41. The molecule has 38 heavy (non-hydrogen) atoms. The first-order valence-electron chi connectivity index (χ1n) is 12.6. The Morgan fingerprint density at radius 2 is 1.89 bits per heavy atom. The zero-order valence-corrected chi connectivity index (χ0v) is 21.5. The number of rotatable bonds is 4. The number of benzene rings is 2. The van der Waals surface area contributed by atoms with Crippen molar-refractivity contribution in [3.8, 4) is 16.9 Å². The van der Waals surface area contributed by atoms with Crippen molar-refractivity contribution in [3.05, 3.63) is 59.5 Å². The maximum Gasteiger partial charge on any atom is 0.248 e. The molecular weight excluding hydrogens is 497 g/mol. The fourth-order valence-corrected chi connectivity index (χ4v) is 5.20. The maximum absolute atomic E-state index is 14.3. The number of aromatic amines is 1. The van der Waals surface area contributed by atoms with Crippen molar-refractivity contribution in [2.45, 2.75) is 64.3 Å². The van der Waals surface area contributed by atoms with Gasteiger partial charge < -0.3 is 19.1 Å². The lowest BCUT2D eigenvalue weighted by Gasteiger charge is -2.23. The van der Waals surface area contributed by atoms with E-state index < -0.39 is 11.7 Å². The zero-order chi connectivity index (χ0) is 27.0. The molecule has 0 spiro atoms. The molecule has 0 radical (unpaired) electrons. The molecule has 1 aliphatic heterocycles. The highest BCUT2D eigenvalue weighted by atomic mass is 19.3. The number of amides is 1. The number of alkyl halides is 2. The van der Waals surface area contributed by atoms with Gasteiger partial charge in [-0.2, -0.15) is 0 Å². The number of H-pyrrole nitrogens is 1. The summed E-state index contributed by atoms with van der Waals surface area (Å²) in [6.07, 6.45) is 2.64. The molecular formula is C28H29F3N4O3. The number of carbonyl (C=O) groups is 1. The van der Waals surface area contributed by atoms with Crippen molar-refractivity contribution in [3.63, 3.8) is 0 Å². The van der Waals surface area contributed by atoms with Crippen molar-refractivity contribution < 1.29 is 27.2 Å². The van der Waals surface area contributed by atoms with Crippen LogP contribution in [0.4, 0.5) is 18.9 Å². The van der Waals surface area contributed by atoms with Crippen LogP contribution in [0.5, 0.6) is 5.75 Å². The molecule has 1 aliphatic carbocycles. The number of aryl methyl sites for hydroxylation is 2. The molecule has 200 valence electrons. The molecule has 0 bridgehead atoms. The molecule has 6 rings (SSSR count). The minimum atomic E-state index is -2.31. The molecule has 7 nitrogen and oxygen atoms in total. The van der Waals surface area contributed by atoms with Gasteiger partial charge in [-0.3, -0.25) is 4.79 Å². The molecule has 1 amide bonds. The first-order chi connectivity index (χ1) is 18.2. The van der Waals surface area contributed by atoms with Crippen LogP contribution in [-0.2, 0) is 4.79 Å². The number of anilines is 1. The zero-order valence-electron chi connectivity index (χ0n) is 21.5.